The molecule has 2 aliphatic heterocycles. The molecule has 3 heteroatoms. The summed E-state index contributed by atoms with van der Waals surface area (Å²) in [6, 6.07) is 0. The third kappa shape index (κ3) is 0.515. The minimum atomic E-state index is -0.0671. The first-order valence-electron chi connectivity index (χ1n) is 3.12. The molecule has 3 rings (SSSR count). The summed E-state index contributed by atoms with van der Waals surface area (Å²) in [6.45, 7) is 0. The Balaban J connectivity index is 2.21. The Morgan fingerprint density at radius 3 is 1.78 bits per heavy atom. The number of carbonyl (C=O) groups excluding carboxylic acids is 2. The van der Waals surface area contributed by atoms with Crippen LogP contribution >= 0.6 is 0 Å². The third-order valence-corrected chi connectivity index (χ3v) is 2.13. The van der Waals surface area contributed by atoms with Crippen LogP contribution in [-0.2, 0) is 9.59 Å². The van der Waals surface area contributed by atoms with E-state index >= 15 is 0 Å². The second-order valence-electron chi connectivity index (χ2n) is 2.72. The smallest absolute Gasteiger partial charge is 0.229 e. The van der Waals surface area contributed by atoms with Gasteiger partial charge in [-0.15, -0.1) is 0 Å². The van der Waals surface area contributed by atoms with Gasteiger partial charge < -0.3 is 0 Å². The van der Waals surface area contributed by atoms with E-state index in [1.165, 1.54) is 0 Å². The largest absolute Gasteiger partial charge is 0.296 e. The van der Waals surface area contributed by atoms with E-state index in [1.54, 1.807) is 0 Å². The Morgan fingerprint density at radius 2 is 1.56 bits per heavy atom. The number of rotatable bonds is 0. The van der Waals surface area contributed by atoms with E-state index in [0.29, 0.717) is 0 Å². The summed E-state index contributed by atoms with van der Waals surface area (Å²) in [5.41, 5.74) is 0. The van der Waals surface area contributed by atoms with Gasteiger partial charge in [-0.25, -0.2) is 0 Å². The van der Waals surface area contributed by atoms with Crippen molar-refractivity contribution in [1.82, 2.24) is 5.32 Å². The van der Waals surface area contributed by atoms with Crippen LogP contribution in [0.3, 0.4) is 0 Å². The number of hydrogen-bond donors (Lipinski definition) is 1. The average molecular weight is 125 g/mol. The van der Waals surface area contributed by atoms with Gasteiger partial charge in [0.2, 0.25) is 11.8 Å². The highest BCUT2D eigenvalue weighted by atomic mass is 16.2. The molecule has 1 saturated carbocycles. The first-order valence-corrected chi connectivity index (χ1v) is 3.12. The van der Waals surface area contributed by atoms with Gasteiger partial charge in [0.15, 0.2) is 0 Å². The zero-order valence-electron chi connectivity index (χ0n) is 4.89. The fraction of sp³-hybridized carbons (Fsp3) is 0.667. The highest BCUT2D eigenvalue weighted by Gasteiger charge is 2.44. The van der Waals surface area contributed by atoms with Crippen LogP contribution in [0.15, 0.2) is 0 Å². The van der Waals surface area contributed by atoms with Crippen molar-refractivity contribution in [2.75, 3.05) is 0 Å². The first kappa shape index (κ1) is 4.97. The molecule has 2 bridgehead atoms. The van der Waals surface area contributed by atoms with Crippen molar-refractivity contribution >= 4 is 11.8 Å². The molecular weight excluding hydrogens is 118 g/mol. The highest BCUT2D eigenvalue weighted by molar-refractivity contribution is 6.02. The molecule has 3 aliphatic rings. The normalized spacial score (nSPS) is 39.6. The minimum Gasteiger partial charge on any atom is -0.296 e. The molecule has 2 amide bonds. The van der Waals surface area contributed by atoms with Gasteiger partial charge in [-0.3, -0.25) is 14.9 Å². The summed E-state index contributed by atoms with van der Waals surface area (Å²) in [5.74, 6) is 0.186. The maximum absolute atomic E-state index is 10.7. The van der Waals surface area contributed by atoms with Crippen LogP contribution in [0.1, 0.15) is 12.8 Å². The van der Waals surface area contributed by atoms with Gasteiger partial charge in [-0.1, -0.05) is 0 Å². The lowest BCUT2D eigenvalue weighted by molar-refractivity contribution is -0.148. The van der Waals surface area contributed by atoms with Gasteiger partial charge in [-0.2, -0.15) is 0 Å². The SMILES string of the molecule is O=C1NC(=O)C2CC1C2. The lowest BCUT2D eigenvalue weighted by Crippen LogP contribution is -2.54. The Morgan fingerprint density at radius 1 is 1.11 bits per heavy atom. The molecule has 0 aromatic carbocycles. The minimum absolute atomic E-state index is 0.0671. The molecule has 48 valence electrons. The van der Waals surface area contributed by atoms with Crippen LogP contribution in [0.4, 0.5) is 0 Å². The molecule has 2 saturated heterocycles. The van der Waals surface area contributed by atoms with Crippen molar-refractivity contribution < 1.29 is 9.59 Å². The summed E-state index contributed by atoms with van der Waals surface area (Å²) in [4.78, 5) is 21.4. The van der Waals surface area contributed by atoms with Gasteiger partial charge >= 0.3 is 0 Å². The quantitative estimate of drug-likeness (QED) is 0.450. The molecule has 3 nitrogen and oxygen atoms in total. The molecular formula is C6H7NO2. The van der Waals surface area contributed by atoms with Crippen LogP contribution in [0.25, 0.3) is 0 Å². The maximum atomic E-state index is 10.7. The summed E-state index contributed by atoms with van der Waals surface area (Å²) in [6.07, 6.45) is 1.59. The van der Waals surface area contributed by atoms with Gasteiger partial charge in [0.25, 0.3) is 0 Å². The number of piperidine rings is 2. The van der Waals surface area contributed by atoms with Crippen LogP contribution in [0.2, 0.25) is 0 Å². The van der Waals surface area contributed by atoms with Crippen LogP contribution in [0, 0.1) is 11.8 Å². The number of nitrogens with one attached hydrogen (secondary N) is 1. The van der Waals surface area contributed by atoms with Crippen molar-refractivity contribution in [1.29, 1.82) is 0 Å². The van der Waals surface area contributed by atoms with E-state index in [-0.39, 0.29) is 23.7 Å². The highest BCUT2D eigenvalue weighted by Crippen LogP contribution is 2.37. The predicted molar refractivity (Wildman–Crippen MR) is 29.4 cm³/mol. The molecule has 0 unspecified atom stereocenters. The zero-order valence-corrected chi connectivity index (χ0v) is 4.89. The monoisotopic (exact) mass is 125 g/mol. The van der Waals surface area contributed by atoms with E-state index in [2.05, 4.69) is 5.32 Å². The second-order valence-corrected chi connectivity index (χ2v) is 2.72. The number of imide groups is 1. The van der Waals surface area contributed by atoms with Gasteiger partial charge in [0, 0.05) is 11.8 Å². The molecule has 9 heavy (non-hydrogen) atoms. The van der Waals surface area contributed by atoms with E-state index in [9.17, 15) is 9.59 Å². The summed E-state index contributed by atoms with van der Waals surface area (Å²) in [5, 5.41) is 2.30. The Bertz CT molecular complexity index is 163. The second kappa shape index (κ2) is 1.35. The molecule has 2 heterocycles. The molecule has 1 N–H and O–H groups in total. The molecule has 1 aliphatic carbocycles. The summed E-state index contributed by atoms with van der Waals surface area (Å²) in [7, 11) is 0. The van der Waals surface area contributed by atoms with Gasteiger partial charge in [0.05, 0.1) is 0 Å². The predicted octanol–water partition coefficient (Wildman–Crippen LogP) is -0.331. The first-order chi connectivity index (χ1) is 4.27. The lowest BCUT2D eigenvalue weighted by Gasteiger charge is -2.37. The number of hydrogen-bond acceptors (Lipinski definition) is 2. The fourth-order valence-electron chi connectivity index (χ4n) is 1.37. The van der Waals surface area contributed by atoms with Crippen molar-refractivity contribution in [2.45, 2.75) is 12.8 Å². The van der Waals surface area contributed by atoms with Crippen molar-refractivity contribution in [3.8, 4) is 0 Å². The van der Waals surface area contributed by atoms with E-state index in [4.69, 9.17) is 0 Å². The van der Waals surface area contributed by atoms with Crippen LogP contribution in [0.5, 0.6) is 0 Å². The van der Waals surface area contributed by atoms with Crippen LogP contribution < -0.4 is 5.32 Å². The molecule has 0 aromatic rings. The lowest BCUT2D eigenvalue weighted by atomic mass is 9.71. The van der Waals surface area contributed by atoms with Crippen molar-refractivity contribution in [3.63, 3.8) is 0 Å². The summed E-state index contributed by atoms with van der Waals surface area (Å²) < 4.78 is 0. The Labute approximate surface area is 52.4 Å². The standard InChI is InChI=1S/C6H7NO2/c8-5-3-1-4(2-3)6(9)7-5/h3-4H,1-2H2,(H,7,8,9). The van der Waals surface area contributed by atoms with Crippen LogP contribution in [-0.4, -0.2) is 11.8 Å². The van der Waals surface area contributed by atoms with E-state index < -0.39 is 0 Å². The number of fused-ring (bicyclic) bond motifs is 2. The summed E-state index contributed by atoms with van der Waals surface area (Å²) >= 11 is 0. The fourth-order valence-corrected chi connectivity index (χ4v) is 1.37. The maximum Gasteiger partial charge on any atom is 0.229 e. The molecule has 0 aromatic heterocycles. The molecule has 0 spiro atoms. The molecule has 3 fully saturated rings. The molecule has 0 atom stereocenters. The zero-order chi connectivity index (χ0) is 6.43. The molecule has 0 radical (unpaired) electrons. The topological polar surface area (TPSA) is 46.2 Å². The number of carbonyl (C=O) groups is 2. The van der Waals surface area contributed by atoms with E-state index in [0.717, 1.165) is 12.8 Å². The average Bonchev–Trinajstić information content (AvgIpc) is 1.57. The van der Waals surface area contributed by atoms with Crippen molar-refractivity contribution in [3.05, 3.63) is 0 Å². The Hall–Kier alpha value is -0.860. The van der Waals surface area contributed by atoms with Crippen molar-refractivity contribution in [2.24, 2.45) is 11.8 Å². The van der Waals surface area contributed by atoms with Gasteiger partial charge in [-0.05, 0) is 12.8 Å². The van der Waals surface area contributed by atoms with Gasteiger partial charge in [0.1, 0.15) is 0 Å². The third-order valence-electron chi connectivity index (χ3n) is 2.13. The Kier molecular flexibility index (Phi) is 0.743. The number of amides is 2. The van der Waals surface area contributed by atoms with E-state index in [1.807, 2.05) is 0 Å².